The lowest BCUT2D eigenvalue weighted by Gasteiger charge is -2.37. The molecule has 0 spiro atoms. The summed E-state index contributed by atoms with van der Waals surface area (Å²) in [6.07, 6.45) is 11.2. The molecule has 34 nitrogen and oxygen atoms in total. The molecule has 0 atom stereocenters. The molecule has 20 rings (SSSR count). The van der Waals surface area contributed by atoms with Gasteiger partial charge in [0, 0.05) is 223 Å². The number of nitrogens with zero attached hydrogens (tertiary/aromatic N) is 23. The van der Waals surface area contributed by atoms with Crippen LogP contribution in [0.1, 0.15) is 77.3 Å². The first-order valence-corrected chi connectivity index (χ1v) is 48.2. The minimum atomic E-state index is -4.37. The topological polar surface area (TPSA) is 341 Å². The number of hydrazone groups is 5. The molecule has 16 heterocycles. The summed E-state index contributed by atoms with van der Waals surface area (Å²) in [7, 11) is 0. The molecule has 7 N–H and O–H groups in total. The Hall–Kier alpha value is -15.0. The Morgan fingerprint density at radius 3 is 0.986 bits per heavy atom. The molecule has 748 valence electrons. The number of aromatic nitrogens is 7. The van der Waals surface area contributed by atoms with Gasteiger partial charge in [0.25, 0.3) is 0 Å². The van der Waals surface area contributed by atoms with E-state index in [2.05, 4.69) is 164 Å². The Labute approximate surface area is 851 Å². The van der Waals surface area contributed by atoms with E-state index in [-0.39, 0.29) is 0 Å². The number of ether oxygens (including phenoxy) is 5. The summed E-state index contributed by atoms with van der Waals surface area (Å²) >= 11 is 27.4. The van der Waals surface area contributed by atoms with Gasteiger partial charge in [-0.1, -0.05) is 43.0 Å². The van der Waals surface area contributed by atoms with Gasteiger partial charge >= 0.3 is 6.18 Å². The Kier molecular flexibility index (Phi) is 34.4. The maximum atomic E-state index is 13.3. The Bertz CT molecular complexity index is 6480. The van der Waals surface area contributed by atoms with Crippen LogP contribution in [-0.2, 0) is 6.18 Å². The quantitative estimate of drug-likeness (QED) is 0.0303. The number of thiocarbonyl (C=S) groups is 5. The summed E-state index contributed by atoms with van der Waals surface area (Å²) in [5, 5.41) is 33.5. The number of fused-ring (bicyclic) bond motifs is 5. The van der Waals surface area contributed by atoms with Gasteiger partial charge in [-0.2, -0.15) is 43.9 Å². The maximum Gasteiger partial charge on any atom is 0.416 e. The molecule has 5 saturated heterocycles. The number of hydrogen-bond donors (Lipinski definition) is 6. The van der Waals surface area contributed by atoms with Crippen molar-refractivity contribution in [2.24, 2.45) is 25.5 Å². The summed E-state index contributed by atoms with van der Waals surface area (Å²) in [4.78, 5) is 50.0. The Morgan fingerprint density at radius 1 is 0.368 bits per heavy atom. The molecule has 10 aliphatic heterocycles. The van der Waals surface area contributed by atoms with Gasteiger partial charge in [-0.15, -0.1) is 0 Å². The van der Waals surface area contributed by atoms with Crippen LogP contribution in [0.3, 0.4) is 0 Å². The average Bonchev–Trinajstić information content (AvgIpc) is 0.823. The predicted molar refractivity (Wildman–Crippen MR) is 554 cm³/mol. The molecule has 0 bridgehead atoms. The van der Waals surface area contributed by atoms with Gasteiger partial charge in [-0.3, -0.25) is 32.1 Å². The molecule has 0 saturated carbocycles. The minimum Gasteiger partial charge on any atom is -0.491 e. The van der Waals surface area contributed by atoms with Crippen LogP contribution in [0, 0.1) is 40.4 Å². The molecule has 10 aliphatic rings. The van der Waals surface area contributed by atoms with Crippen LogP contribution in [0.5, 0.6) is 28.7 Å². The van der Waals surface area contributed by atoms with E-state index in [0.717, 1.165) is 176 Å². The van der Waals surface area contributed by atoms with Crippen LogP contribution in [0.15, 0.2) is 209 Å². The minimum absolute atomic E-state index is 0.340. The molecule has 6 aromatic heterocycles. The number of pyridine rings is 5. The molecule has 0 amide bonds. The van der Waals surface area contributed by atoms with Gasteiger partial charge in [0.2, 0.25) is 0 Å². The van der Waals surface area contributed by atoms with Gasteiger partial charge in [0.1, 0.15) is 92.1 Å². The lowest BCUT2D eigenvalue weighted by molar-refractivity contribution is -0.137. The zero-order valence-electron chi connectivity index (χ0n) is 77.7. The SMILES string of the molecule is C=Cc1ccc(N2CCN(C(=S)N/N=C3/CCOc4cc(F)cnc43)CC2)cc1.Fc1cnc2c(c1)OCC/C2=N/NC(=S)N1CCN(c2cccc(C(F)(F)F)c2)CC1.Fc1cnc2c(c1)OCC/C2=N/NC(=S)N1CCN(c2cnccn2)CC1.N#Cc1ccc(N2CCN(C(=S)N/N=C3/CCOc4cc(F)cnc43)CC2)cc1.Nc1ccccc1N1CCN(C(=S)N/N=C2/CCOc3cc(F)cnc32)CC1. The second kappa shape index (κ2) is 48.6. The van der Waals surface area contributed by atoms with Crippen LogP contribution in [0.25, 0.3) is 6.08 Å². The molecule has 47 heteroatoms. The van der Waals surface area contributed by atoms with Gasteiger partial charge in [-0.05, 0) is 133 Å². The number of para-hydroxylation sites is 2. The predicted octanol–water partition coefficient (Wildman–Crippen LogP) is 11.9. The molecular formula is C97H99F8N29O5S5. The molecule has 10 aromatic rings. The van der Waals surface area contributed by atoms with Crippen LogP contribution >= 0.6 is 61.1 Å². The maximum absolute atomic E-state index is 13.3. The molecular weight excluding hydrogens is 1960 g/mol. The number of nitrogens with one attached hydrogen (secondary N) is 5. The van der Waals surface area contributed by atoms with Crippen LogP contribution in [0.2, 0.25) is 0 Å². The number of benzene rings is 4. The molecule has 0 unspecified atom stereocenters. The molecule has 144 heavy (non-hydrogen) atoms. The van der Waals surface area contributed by atoms with Crippen molar-refractivity contribution in [3.8, 4) is 34.8 Å². The largest absolute Gasteiger partial charge is 0.491 e. The van der Waals surface area contributed by atoms with Crippen LogP contribution in [-0.4, -0.2) is 277 Å². The molecule has 5 fully saturated rings. The highest BCUT2D eigenvalue weighted by molar-refractivity contribution is 7.81. The summed E-state index contributed by atoms with van der Waals surface area (Å²) < 4.78 is 133. The van der Waals surface area contributed by atoms with Crippen molar-refractivity contribution in [3.63, 3.8) is 0 Å². The average molecular weight is 2060 g/mol. The normalized spacial score (nSPS) is 17.7. The third-order valence-electron chi connectivity index (χ3n) is 24.3. The van der Waals surface area contributed by atoms with Crippen molar-refractivity contribution in [2.75, 3.05) is 194 Å². The number of nitriles is 1. The lowest BCUT2D eigenvalue weighted by Crippen LogP contribution is -2.51. The van der Waals surface area contributed by atoms with Crippen LogP contribution < -0.4 is 81.0 Å². The fourth-order valence-electron chi connectivity index (χ4n) is 16.6. The zero-order chi connectivity index (χ0) is 101. The van der Waals surface area contributed by atoms with E-state index in [1.165, 1.54) is 48.3 Å². The van der Waals surface area contributed by atoms with Crippen molar-refractivity contribution in [1.82, 2.24) is 86.5 Å². The van der Waals surface area contributed by atoms with Gasteiger partial charge in [0.15, 0.2) is 25.6 Å². The summed E-state index contributed by atoms with van der Waals surface area (Å²) in [5.41, 5.74) is 32.6. The second-order valence-electron chi connectivity index (χ2n) is 33.4. The van der Waals surface area contributed by atoms with E-state index in [1.54, 1.807) is 24.7 Å². The van der Waals surface area contributed by atoms with E-state index in [1.807, 2.05) is 64.4 Å². The van der Waals surface area contributed by atoms with Crippen LogP contribution in [0.4, 0.5) is 69.4 Å². The highest BCUT2D eigenvalue weighted by Crippen LogP contribution is 2.35. The van der Waals surface area contributed by atoms with Crippen molar-refractivity contribution < 1.29 is 58.8 Å². The Morgan fingerprint density at radius 2 is 0.681 bits per heavy atom. The van der Waals surface area contributed by atoms with Crippen molar-refractivity contribution in [1.29, 1.82) is 5.26 Å². The van der Waals surface area contributed by atoms with E-state index in [9.17, 15) is 35.1 Å². The van der Waals surface area contributed by atoms with E-state index in [0.29, 0.717) is 208 Å². The lowest BCUT2D eigenvalue weighted by atomic mass is 10.1. The number of halogens is 8. The van der Waals surface area contributed by atoms with E-state index >= 15 is 0 Å². The number of nitrogens with two attached hydrogens (primary N) is 1. The monoisotopic (exact) mass is 2060 g/mol. The molecule has 0 radical (unpaired) electrons. The summed E-state index contributed by atoms with van der Waals surface area (Å²) in [6.45, 7) is 20.9. The first-order valence-electron chi connectivity index (χ1n) is 46.2. The van der Waals surface area contributed by atoms with Gasteiger partial charge in [0.05, 0.1) is 127 Å². The fraction of sp³-hybridized carbons (Fsp3) is 0.320. The second-order valence-corrected chi connectivity index (χ2v) is 35.3. The molecule has 4 aromatic carbocycles. The first kappa shape index (κ1) is 102. The number of alkyl halides is 3. The third kappa shape index (κ3) is 26.8. The standard InChI is InChI=1S/C21H22FN5OS.C20H19F4N5OS.C20H19FN6OS.C19H21FN6OS.C17H18FN7OS/c1-2-15-3-5-17(6-4-15)26-8-10-27(11-9-26)21(29)25-24-18-7-12-28-19-13-16(22)14-23-20(18)19;21-14-11-17-18(25-12-14)16(4-9-30-17)26-27-19(31)29-7-5-28(6-8-29)15-3-1-2-13(10-15)20(22,23)24;21-15-11-18-19(23-13-15)17(5-10-28-18)24-25-20(29)27-8-6-26(7-9-27)16-3-1-14(12-22)2-4-16;20-13-11-17-18(22-12-13)15(5-10-27-17)23-24-19(28)26-8-6-25(7-9-26)16-4-2-1-3-14(16)21;18-12-9-14-16(21-10-12)13(1-8-26-14)22-23-17(27)25-6-4-24(5-7-25)15-11-19-2-3-20-15/h2-6,13-14H,1,7-12H2,(H,25,29);1-3,10-12H,4-9H2,(H,27,31);1-4,11,13H,5-10H2,(H,25,29);1-4,11-12H,5-10,21H2,(H,24,28);2-3,9-11H,1,4-8H2,(H,23,27)/b24-18-;26-16-;24-17-;23-15-;22-13-. The smallest absolute Gasteiger partial charge is 0.416 e. The number of hydrogen-bond acceptors (Lipinski definition) is 29. The van der Waals surface area contributed by atoms with E-state index in [4.69, 9.17) is 95.8 Å². The van der Waals surface area contributed by atoms with Gasteiger partial charge < -0.3 is 78.4 Å². The number of anilines is 6. The number of nitrogen functional groups attached to an aromatic ring is 1. The van der Waals surface area contributed by atoms with Crippen molar-refractivity contribution in [2.45, 2.75) is 38.3 Å². The number of piperazine rings is 5. The summed E-state index contributed by atoms with van der Waals surface area (Å²) in [6, 6.07) is 37.9. The highest BCUT2D eigenvalue weighted by atomic mass is 32.1. The highest BCUT2D eigenvalue weighted by Gasteiger charge is 2.34. The molecule has 0 aliphatic carbocycles. The van der Waals surface area contributed by atoms with Crippen molar-refractivity contribution in [3.05, 3.63) is 258 Å². The fourth-order valence-corrected chi connectivity index (χ4v) is 17.7. The first-order chi connectivity index (χ1) is 69.9. The van der Waals surface area contributed by atoms with Gasteiger partial charge in [-0.25, -0.2) is 51.9 Å². The summed E-state index contributed by atoms with van der Waals surface area (Å²) in [5.74, 6) is 0.636. The third-order valence-corrected chi connectivity index (χ3v) is 26.0. The zero-order valence-corrected chi connectivity index (χ0v) is 81.8. The van der Waals surface area contributed by atoms with E-state index < -0.39 is 40.8 Å². The Balaban J connectivity index is 0.000000129. The number of rotatable bonds is 11. The van der Waals surface area contributed by atoms with Crippen molar-refractivity contribution >= 4 is 156 Å².